The Balaban J connectivity index is 2.22. The van der Waals surface area contributed by atoms with E-state index in [9.17, 15) is 0 Å². The molecule has 2 aromatic heterocycles. The highest BCUT2D eigenvalue weighted by Crippen LogP contribution is 2.19. The molecule has 0 radical (unpaired) electrons. The lowest BCUT2D eigenvalue weighted by atomic mass is 10.1. The van der Waals surface area contributed by atoms with Crippen LogP contribution in [0.15, 0.2) is 0 Å². The summed E-state index contributed by atoms with van der Waals surface area (Å²) in [5, 5.41) is 10.5. The van der Waals surface area contributed by atoms with Crippen LogP contribution in [0.4, 0.5) is 11.8 Å². The molecular formula is C13H20N6. The summed E-state index contributed by atoms with van der Waals surface area (Å²) >= 11 is 0. The number of nitrogens with two attached hydrogens (primary N) is 1. The summed E-state index contributed by atoms with van der Waals surface area (Å²) in [6, 6.07) is 0. The molecular weight excluding hydrogens is 240 g/mol. The van der Waals surface area contributed by atoms with Crippen LogP contribution >= 0.6 is 0 Å². The quantitative estimate of drug-likeness (QED) is 0.780. The van der Waals surface area contributed by atoms with Gasteiger partial charge in [-0.25, -0.2) is 4.98 Å². The molecule has 0 fully saturated rings. The average Bonchev–Trinajstić information content (AvgIpc) is 2.70. The third-order valence-corrected chi connectivity index (χ3v) is 3.31. The molecule has 0 aliphatic carbocycles. The molecule has 6 heteroatoms. The van der Waals surface area contributed by atoms with E-state index >= 15 is 0 Å². The second-order valence-corrected chi connectivity index (χ2v) is 4.62. The molecule has 0 unspecified atom stereocenters. The first-order chi connectivity index (χ1) is 9.02. The molecule has 0 saturated heterocycles. The summed E-state index contributed by atoms with van der Waals surface area (Å²) in [6.45, 7) is 8.74. The molecule has 0 spiro atoms. The van der Waals surface area contributed by atoms with Crippen molar-refractivity contribution in [3.63, 3.8) is 0 Å². The van der Waals surface area contributed by atoms with Crippen LogP contribution < -0.4 is 11.1 Å². The lowest BCUT2D eigenvalue weighted by Gasteiger charge is -2.12. The van der Waals surface area contributed by atoms with Gasteiger partial charge in [-0.15, -0.1) is 0 Å². The highest BCUT2D eigenvalue weighted by atomic mass is 15.1. The molecule has 2 heterocycles. The molecule has 19 heavy (non-hydrogen) atoms. The van der Waals surface area contributed by atoms with Crippen molar-refractivity contribution in [2.24, 2.45) is 0 Å². The van der Waals surface area contributed by atoms with Crippen LogP contribution in [0.3, 0.4) is 0 Å². The standard InChI is InChI=1S/C13H20N6/c1-5-11-7(2)12(17-13(14)16-11)15-6-10-8(3)18-19-9(10)4/h5-6H2,1-4H3,(H,18,19)(H3,14,15,16,17). The fraction of sp³-hybridized carbons (Fsp3) is 0.462. The molecule has 0 bridgehead atoms. The van der Waals surface area contributed by atoms with Gasteiger partial charge >= 0.3 is 0 Å². The van der Waals surface area contributed by atoms with E-state index in [-0.39, 0.29) is 0 Å². The van der Waals surface area contributed by atoms with Crippen LogP contribution in [-0.2, 0) is 13.0 Å². The number of anilines is 2. The fourth-order valence-electron chi connectivity index (χ4n) is 2.11. The fourth-order valence-corrected chi connectivity index (χ4v) is 2.11. The lowest BCUT2D eigenvalue weighted by Crippen LogP contribution is -2.10. The summed E-state index contributed by atoms with van der Waals surface area (Å²) in [6.07, 6.45) is 0.844. The molecule has 6 nitrogen and oxygen atoms in total. The molecule has 0 aliphatic heterocycles. The lowest BCUT2D eigenvalue weighted by molar-refractivity contribution is 0.966. The van der Waals surface area contributed by atoms with Crippen molar-refractivity contribution in [3.05, 3.63) is 28.2 Å². The van der Waals surface area contributed by atoms with Crippen LogP contribution in [-0.4, -0.2) is 20.2 Å². The normalized spacial score (nSPS) is 10.7. The van der Waals surface area contributed by atoms with E-state index in [1.165, 1.54) is 0 Å². The summed E-state index contributed by atoms with van der Waals surface area (Å²) in [7, 11) is 0. The molecule has 102 valence electrons. The Bertz CT molecular complexity index is 568. The maximum absolute atomic E-state index is 5.73. The third-order valence-electron chi connectivity index (χ3n) is 3.31. The van der Waals surface area contributed by atoms with Crippen molar-refractivity contribution >= 4 is 11.8 Å². The summed E-state index contributed by atoms with van der Waals surface area (Å²) in [4.78, 5) is 8.51. The van der Waals surface area contributed by atoms with E-state index in [1.807, 2.05) is 20.8 Å². The van der Waals surface area contributed by atoms with Gasteiger partial charge in [0.2, 0.25) is 5.95 Å². The first-order valence-corrected chi connectivity index (χ1v) is 6.40. The second-order valence-electron chi connectivity index (χ2n) is 4.62. The highest BCUT2D eigenvalue weighted by molar-refractivity contribution is 5.49. The topological polar surface area (TPSA) is 92.5 Å². The third kappa shape index (κ3) is 2.67. The van der Waals surface area contributed by atoms with Crippen LogP contribution in [0.1, 0.15) is 35.1 Å². The number of aryl methyl sites for hydroxylation is 3. The molecule has 2 aromatic rings. The Morgan fingerprint density at radius 1 is 1.21 bits per heavy atom. The highest BCUT2D eigenvalue weighted by Gasteiger charge is 2.10. The van der Waals surface area contributed by atoms with Crippen molar-refractivity contribution in [2.75, 3.05) is 11.1 Å². The average molecular weight is 260 g/mol. The van der Waals surface area contributed by atoms with Crippen LogP contribution in [0.2, 0.25) is 0 Å². The zero-order chi connectivity index (χ0) is 14.0. The van der Waals surface area contributed by atoms with Crippen LogP contribution in [0.25, 0.3) is 0 Å². The Kier molecular flexibility index (Phi) is 3.69. The number of nitrogens with one attached hydrogen (secondary N) is 2. The van der Waals surface area contributed by atoms with Crippen LogP contribution in [0, 0.1) is 20.8 Å². The van der Waals surface area contributed by atoms with Gasteiger partial charge in [-0.3, -0.25) is 5.10 Å². The number of H-pyrrole nitrogens is 1. The van der Waals surface area contributed by atoms with Gasteiger partial charge < -0.3 is 11.1 Å². The Morgan fingerprint density at radius 2 is 1.95 bits per heavy atom. The van der Waals surface area contributed by atoms with Gasteiger partial charge in [0.05, 0.1) is 11.4 Å². The number of nitrogens with zero attached hydrogens (tertiary/aromatic N) is 3. The number of hydrogen-bond donors (Lipinski definition) is 3. The molecule has 4 N–H and O–H groups in total. The number of rotatable bonds is 4. The van der Waals surface area contributed by atoms with Gasteiger partial charge in [0.25, 0.3) is 0 Å². The Labute approximate surface area is 112 Å². The predicted molar refractivity (Wildman–Crippen MR) is 75.9 cm³/mol. The van der Waals surface area contributed by atoms with Crippen molar-refractivity contribution in [2.45, 2.75) is 40.7 Å². The van der Waals surface area contributed by atoms with E-state index in [4.69, 9.17) is 5.73 Å². The monoisotopic (exact) mass is 260 g/mol. The largest absolute Gasteiger partial charge is 0.368 e. The molecule has 0 atom stereocenters. The zero-order valence-electron chi connectivity index (χ0n) is 11.8. The maximum atomic E-state index is 5.73. The van der Waals surface area contributed by atoms with Crippen LogP contribution in [0.5, 0.6) is 0 Å². The number of aromatic nitrogens is 4. The molecule has 0 amide bonds. The first-order valence-electron chi connectivity index (χ1n) is 6.40. The van der Waals surface area contributed by atoms with Crippen molar-refractivity contribution < 1.29 is 0 Å². The molecule has 2 rings (SSSR count). The van der Waals surface area contributed by atoms with Crippen molar-refractivity contribution in [1.29, 1.82) is 0 Å². The van der Waals surface area contributed by atoms with Gasteiger partial charge in [-0.05, 0) is 27.2 Å². The van der Waals surface area contributed by atoms with E-state index in [0.717, 1.165) is 40.4 Å². The predicted octanol–water partition coefficient (Wildman–Crippen LogP) is 1.88. The molecule has 0 aliphatic rings. The summed E-state index contributed by atoms with van der Waals surface area (Å²) in [5.41, 5.74) is 11.0. The van der Waals surface area contributed by atoms with E-state index in [0.29, 0.717) is 12.5 Å². The Morgan fingerprint density at radius 3 is 2.53 bits per heavy atom. The minimum atomic E-state index is 0.311. The maximum Gasteiger partial charge on any atom is 0.222 e. The summed E-state index contributed by atoms with van der Waals surface area (Å²) in [5.74, 6) is 1.11. The molecule has 0 saturated carbocycles. The minimum absolute atomic E-state index is 0.311. The molecule has 0 aromatic carbocycles. The smallest absolute Gasteiger partial charge is 0.222 e. The minimum Gasteiger partial charge on any atom is -0.368 e. The van der Waals surface area contributed by atoms with E-state index in [2.05, 4.69) is 32.4 Å². The first kappa shape index (κ1) is 13.3. The Hall–Kier alpha value is -2.11. The SMILES string of the molecule is CCc1nc(N)nc(NCc2c(C)n[nH]c2C)c1C. The van der Waals surface area contributed by atoms with Gasteiger partial charge in [-0.1, -0.05) is 6.92 Å². The van der Waals surface area contributed by atoms with Gasteiger partial charge in [0, 0.05) is 23.4 Å². The number of hydrogen-bond acceptors (Lipinski definition) is 5. The van der Waals surface area contributed by atoms with Crippen molar-refractivity contribution in [1.82, 2.24) is 20.2 Å². The van der Waals surface area contributed by atoms with E-state index < -0.39 is 0 Å². The number of nitrogen functional groups attached to an aromatic ring is 1. The van der Waals surface area contributed by atoms with E-state index in [1.54, 1.807) is 0 Å². The summed E-state index contributed by atoms with van der Waals surface area (Å²) < 4.78 is 0. The zero-order valence-corrected chi connectivity index (χ0v) is 11.8. The van der Waals surface area contributed by atoms with Gasteiger partial charge in [0.1, 0.15) is 5.82 Å². The number of aromatic amines is 1. The second kappa shape index (κ2) is 5.26. The van der Waals surface area contributed by atoms with Gasteiger partial charge in [-0.2, -0.15) is 10.1 Å². The van der Waals surface area contributed by atoms with Gasteiger partial charge in [0.15, 0.2) is 0 Å². The van der Waals surface area contributed by atoms with Crippen molar-refractivity contribution in [3.8, 4) is 0 Å².